The van der Waals surface area contributed by atoms with Crippen LogP contribution in [-0.4, -0.2) is 79.9 Å². The molecule has 1 aromatic rings. The minimum absolute atomic E-state index is 0.0594. The first-order valence-electron chi connectivity index (χ1n) is 16.8. The number of hydrogen-bond donors (Lipinski definition) is 5. The predicted octanol–water partition coefficient (Wildman–Crippen LogP) is 3.54. The number of aliphatic hydroxyl groups excluding tert-OH is 1. The third-order valence-electron chi connectivity index (χ3n) is 10.3. The van der Waals surface area contributed by atoms with Crippen molar-refractivity contribution < 1.29 is 29.0 Å². The highest BCUT2D eigenvalue weighted by Crippen LogP contribution is 2.59. The largest absolute Gasteiger partial charge is 0.463 e. The number of ether oxygens (including phenoxy) is 2. The highest BCUT2D eigenvalue weighted by molar-refractivity contribution is 6.32. The molecule has 2 aliphatic carbocycles. The van der Waals surface area contributed by atoms with Crippen LogP contribution < -0.4 is 21.3 Å². The fraction of sp³-hybridized carbons (Fsp3) is 0.583. The van der Waals surface area contributed by atoms with Gasteiger partial charge in [0.1, 0.15) is 5.82 Å². The average molecular weight is 635 g/mol. The standard InChI is InChI=1S/C36H50N4O6/c1-5-24-13-14-30(38-6-2)26(17-24)21-45-34(44)36-33(43)29-10-8-7-9-28(29)32(42)35(36,46-36)19-27(20-41)23(3)11-12-25-15-16-39-31(18-25)40-22-37-4/h7-10,15,18,24,26,30,37-41H,5-6,11-14,16-17,19-22H2,1-4H3. The van der Waals surface area contributed by atoms with Crippen molar-refractivity contribution in [3.05, 3.63) is 70.1 Å². The number of esters is 1. The van der Waals surface area contributed by atoms with Crippen molar-refractivity contribution in [3.63, 3.8) is 0 Å². The first-order chi connectivity index (χ1) is 22.2. The molecule has 4 aliphatic rings. The zero-order chi connectivity index (χ0) is 32.9. The Morgan fingerprint density at radius 3 is 2.61 bits per heavy atom. The zero-order valence-electron chi connectivity index (χ0n) is 27.7. The lowest BCUT2D eigenvalue weighted by atomic mass is 9.71. The second kappa shape index (κ2) is 14.6. The van der Waals surface area contributed by atoms with E-state index in [0.29, 0.717) is 31.1 Å². The van der Waals surface area contributed by atoms with E-state index in [1.54, 1.807) is 24.3 Å². The molecule has 10 heteroatoms. The third-order valence-corrected chi connectivity index (χ3v) is 10.3. The maximum absolute atomic E-state index is 14.1. The van der Waals surface area contributed by atoms with Crippen LogP contribution in [0.3, 0.4) is 0 Å². The minimum atomic E-state index is -2.06. The minimum Gasteiger partial charge on any atom is -0.463 e. The van der Waals surface area contributed by atoms with E-state index >= 15 is 0 Å². The summed E-state index contributed by atoms with van der Waals surface area (Å²) in [5.74, 6) is -0.175. The van der Waals surface area contributed by atoms with E-state index in [-0.39, 0.29) is 42.7 Å². The Morgan fingerprint density at radius 2 is 1.91 bits per heavy atom. The first kappa shape index (κ1) is 34.0. The molecule has 1 saturated heterocycles. The SMILES string of the molecule is CCNC1CCC(CC)CC1COC(=O)C12OC1(CC(CO)=C(C)CCC1=CCNC(NCNC)=C1)C(=O)c1ccccc1C2=O. The summed E-state index contributed by atoms with van der Waals surface area (Å²) in [5.41, 5.74) is -0.757. The van der Waals surface area contributed by atoms with E-state index in [2.05, 4.69) is 47.3 Å². The van der Waals surface area contributed by atoms with E-state index < -0.39 is 28.7 Å². The van der Waals surface area contributed by atoms with Gasteiger partial charge < -0.3 is 35.8 Å². The van der Waals surface area contributed by atoms with Crippen LogP contribution in [0.2, 0.25) is 0 Å². The highest BCUT2D eigenvalue weighted by Gasteiger charge is 2.85. The van der Waals surface area contributed by atoms with E-state index in [1.165, 1.54) is 0 Å². The molecule has 10 nitrogen and oxygen atoms in total. The van der Waals surface area contributed by atoms with Gasteiger partial charge in [-0.15, -0.1) is 0 Å². The van der Waals surface area contributed by atoms with Crippen molar-refractivity contribution in [2.24, 2.45) is 11.8 Å². The van der Waals surface area contributed by atoms with Crippen molar-refractivity contribution in [2.45, 2.75) is 83.0 Å². The lowest BCUT2D eigenvalue weighted by Gasteiger charge is -2.36. The second-order valence-corrected chi connectivity index (χ2v) is 13.1. The molecule has 0 aromatic heterocycles. The van der Waals surface area contributed by atoms with Crippen molar-refractivity contribution >= 4 is 17.5 Å². The summed E-state index contributed by atoms with van der Waals surface area (Å²) >= 11 is 0. The van der Waals surface area contributed by atoms with Crippen LogP contribution in [-0.2, 0) is 14.3 Å². The normalized spacial score (nSPS) is 29.0. The molecule has 0 spiro atoms. The van der Waals surface area contributed by atoms with E-state index in [4.69, 9.17) is 9.47 Å². The summed E-state index contributed by atoms with van der Waals surface area (Å²) in [6.45, 7) is 8.18. The monoisotopic (exact) mass is 634 g/mol. The van der Waals surface area contributed by atoms with Gasteiger partial charge in [0.05, 0.1) is 19.9 Å². The van der Waals surface area contributed by atoms with Crippen LogP contribution in [0.5, 0.6) is 0 Å². The summed E-state index contributed by atoms with van der Waals surface area (Å²) in [4.78, 5) is 42.2. The number of hydrogen-bond acceptors (Lipinski definition) is 10. The fourth-order valence-corrected chi connectivity index (χ4v) is 7.44. The van der Waals surface area contributed by atoms with Gasteiger partial charge in [0.2, 0.25) is 5.78 Å². The molecule has 5 rings (SSSR count). The Balaban J connectivity index is 1.37. The number of carbonyl (C=O) groups excluding carboxylic acids is 3. The van der Waals surface area contributed by atoms with Gasteiger partial charge in [-0.25, -0.2) is 4.79 Å². The summed E-state index contributed by atoms with van der Waals surface area (Å²) < 4.78 is 12.1. The van der Waals surface area contributed by atoms with Gasteiger partial charge in [-0.1, -0.05) is 56.2 Å². The summed E-state index contributed by atoms with van der Waals surface area (Å²) in [7, 11) is 1.87. The van der Waals surface area contributed by atoms with Crippen LogP contribution in [0, 0.1) is 11.8 Å². The Labute approximate surface area is 272 Å². The number of rotatable bonds is 15. The number of Topliss-reactive ketones (excluding diaryl/α,β-unsaturated/α-hetero) is 2. The summed E-state index contributed by atoms with van der Waals surface area (Å²) in [5, 5.41) is 23.7. The molecule has 1 saturated carbocycles. The van der Waals surface area contributed by atoms with Gasteiger partial charge >= 0.3 is 5.97 Å². The fourth-order valence-electron chi connectivity index (χ4n) is 7.44. The highest BCUT2D eigenvalue weighted by atomic mass is 16.7. The molecule has 0 radical (unpaired) electrons. The number of fused-ring (bicyclic) bond motifs is 2. The zero-order valence-corrected chi connectivity index (χ0v) is 27.7. The van der Waals surface area contributed by atoms with Gasteiger partial charge in [-0.3, -0.25) is 9.59 Å². The second-order valence-electron chi connectivity index (χ2n) is 13.1. The number of aliphatic hydroxyl groups is 1. The molecule has 5 N–H and O–H groups in total. The number of dihydropyridines is 1. The molecule has 250 valence electrons. The average Bonchev–Trinajstić information content (AvgIpc) is 3.79. The van der Waals surface area contributed by atoms with Crippen molar-refractivity contribution in [2.75, 3.05) is 40.0 Å². The lowest BCUT2D eigenvalue weighted by molar-refractivity contribution is -0.150. The molecule has 2 aliphatic heterocycles. The van der Waals surface area contributed by atoms with Gasteiger partial charge in [0.15, 0.2) is 11.4 Å². The summed E-state index contributed by atoms with van der Waals surface area (Å²) in [6, 6.07) is 6.77. The van der Waals surface area contributed by atoms with Gasteiger partial charge in [0.25, 0.3) is 5.60 Å². The smallest absolute Gasteiger partial charge is 0.350 e. The number of benzene rings is 1. The summed E-state index contributed by atoms with van der Waals surface area (Å²) in [6.07, 6.45) is 9.62. The molecule has 5 unspecified atom stereocenters. The molecule has 1 aromatic carbocycles. The van der Waals surface area contributed by atoms with E-state index in [0.717, 1.165) is 55.6 Å². The lowest BCUT2D eigenvalue weighted by Crippen LogP contribution is -2.51. The number of carbonyl (C=O) groups is 3. The number of nitrogens with one attached hydrogen (secondary N) is 4. The molecule has 5 atom stereocenters. The number of allylic oxidation sites excluding steroid dienone is 3. The predicted molar refractivity (Wildman–Crippen MR) is 176 cm³/mol. The van der Waals surface area contributed by atoms with E-state index in [9.17, 15) is 19.5 Å². The first-order valence-corrected chi connectivity index (χ1v) is 16.8. The maximum atomic E-state index is 14.1. The number of epoxide rings is 1. The Hall–Kier alpha value is -3.31. The van der Waals surface area contributed by atoms with Crippen LogP contribution in [0.4, 0.5) is 0 Å². The molecule has 46 heavy (non-hydrogen) atoms. The quantitative estimate of drug-likeness (QED) is 0.0640. The third kappa shape index (κ3) is 6.45. The molecule has 2 fully saturated rings. The Kier molecular flexibility index (Phi) is 10.8. The van der Waals surface area contributed by atoms with Crippen LogP contribution in [0.15, 0.2) is 59.0 Å². The Morgan fingerprint density at radius 1 is 1.15 bits per heavy atom. The topological polar surface area (TPSA) is 141 Å². The van der Waals surface area contributed by atoms with Gasteiger partial charge in [0, 0.05) is 36.1 Å². The number of ketones is 2. The van der Waals surface area contributed by atoms with Crippen molar-refractivity contribution in [3.8, 4) is 0 Å². The van der Waals surface area contributed by atoms with Crippen molar-refractivity contribution in [1.29, 1.82) is 0 Å². The maximum Gasteiger partial charge on any atom is 0.350 e. The Bertz CT molecular complexity index is 1420. The van der Waals surface area contributed by atoms with Crippen LogP contribution >= 0.6 is 0 Å². The molecule has 0 amide bonds. The molecule has 2 heterocycles. The van der Waals surface area contributed by atoms with Crippen molar-refractivity contribution in [1.82, 2.24) is 21.3 Å². The van der Waals surface area contributed by atoms with Crippen LogP contribution in [0.1, 0.15) is 86.4 Å². The van der Waals surface area contributed by atoms with Gasteiger partial charge in [-0.2, -0.15) is 0 Å². The molecule has 0 bridgehead atoms. The van der Waals surface area contributed by atoms with E-state index in [1.807, 2.05) is 14.0 Å². The molecular formula is C36H50N4O6. The molecular weight excluding hydrogens is 584 g/mol. The van der Waals surface area contributed by atoms with Gasteiger partial charge in [-0.05, 0) is 75.8 Å². The van der Waals surface area contributed by atoms with Crippen LogP contribution in [0.25, 0.3) is 0 Å².